The molecular formula is C36H33ClN4O2. The van der Waals surface area contributed by atoms with Crippen molar-refractivity contribution in [1.82, 2.24) is 0 Å². The van der Waals surface area contributed by atoms with Crippen LogP contribution in [-0.2, 0) is 11.4 Å². The first-order valence-corrected chi connectivity index (χ1v) is 14.6. The maximum Gasteiger partial charge on any atom is 0.198 e. The molecule has 0 radical (unpaired) electrons. The lowest BCUT2D eigenvalue weighted by molar-refractivity contribution is -0.111. The fourth-order valence-electron chi connectivity index (χ4n) is 5.40. The van der Waals surface area contributed by atoms with Crippen LogP contribution in [0.25, 0.3) is 10.8 Å². The molecule has 0 saturated heterocycles. The minimum absolute atomic E-state index is 0.125. The second-order valence-electron chi connectivity index (χ2n) is 10.9. The number of ketones is 1. The van der Waals surface area contributed by atoms with Crippen molar-refractivity contribution < 1.29 is 9.53 Å². The van der Waals surface area contributed by atoms with E-state index in [4.69, 9.17) is 21.4 Å². The zero-order valence-electron chi connectivity index (χ0n) is 24.7. The molecule has 7 heteroatoms. The van der Waals surface area contributed by atoms with Crippen LogP contribution in [0.15, 0.2) is 114 Å². The molecule has 1 aliphatic rings. The Balaban J connectivity index is 1.56. The van der Waals surface area contributed by atoms with Crippen LogP contribution < -0.4 is 19.5 Å². The molecule has 0 saturated carbocycles. The van der Waals surface area contributed by atoms with Gasteiger partial charge in [-0.15, -0.1) is 5.10 Å². The van der Waals surface area contributed by atoms with Gasteiger partial charge >= 0.3 is 0 Å². The lowest BCUT2D eigenvalue weighted by Crippen LogP contribution is -2.38. The van der Waals surface area contributed by atoms with Gasteiger partial charge in [0.15, 0.2) is 17.8 Å². The van der Waals surface area contributed by atoms with E-state index in [1.54, 1.807) is 6.92 Å². The quantitative estimate of drug-likeness (QED) is 0.182. The molecule has 0 bridgehead atoms. The Bertz CT molecular complexity index is 1800. The highest BCUT2D eigenvalue weighted by Crippen LogP contribution is 2.45. The number of rotatable bonds is 8. The summed E-state index contributed by atoms with van der Waals surface area (Å²) in [5, 5.41) is 9.69. The number of Topliss-reactive ketones (excluding diaryl/α,β-unsaturated/α-hetero) is 1. The molecule has 0 amide bonds. The average molecular weight is 589 g/mol. The van der Waals surface area contributed by atoms with Crippen molar-refractivity contribution in [2.24, 2.45) is 5.10 Å². The molecule has 0 aliphatic carbocycles. The van der Waals surface area contributed by atoms with Crippen LogP contribution in [0.5, 0.6) is 5.75 Å². The Labute approximate surface area is 257 Å². The van der Waals surface area contributed by atoms with E-state index in [0.717, 1.165) is 44.5 Å². The number of hydrogen-bond donors (Lipinski definition) is 0. The fraction of sp³-hybridized carbons (Fsp3) is 0.167. The minimum atomic E-state index is -0.502. The maximum atomic E-state index is 13.3. The zero-order valence-corrected chi connectivity index (χ0v) is 25.4. The molecule has 6 nitrogen and oxygen atoms in total. The molecule has 1 heterocycles. The average Bonchev–Trinajstić information content (AvgIpc) is 3.41. The number of hydrazone groups is 1. The second kappa shape index (κ2) is 11.8. The lowest BCUT2D eigenvalue weighted by atomic mass is 9.99. The van der Waals surface area contributed by atoms with Crippen LogP contribution in [0.2, 0.25) is 5.02 Å². The van der Waals surface area contributed by atoms with Crippen molar-refractivity contribution in [2.75, 3.05) is 28.9 Å². The lowest BCUT2D eigenvalue weighted by Gasteiger charge is -2.34. The number of hydrogen-bond acceptors (Lipinski definition) is 6. The molecule has 0 spiro atoms. The molecule has 0 aromatic heterocycles. The number of nitrogens with zero attached hydrogens (tertiary/aromatic N) is 4. The molecule has 6 rings (SSSR count). The topological polar surface area (TPSA) is 48.4 Å². The third kappa shape index (κ3) is 5.66. The summed E-state index contributed by atoms with van der Waals surface area (Å²) in [6, 6.07) is 36.4. The van der Waals surface area contributed by atoms with Crippen LogP contribution in [0.3, 0.4) is 0 Å². The van der Waals surface area contributed by atoms with Gasteiger partial charge in [0, 0.05) is 43.0 Å². The van der Waals surface area contributed by atoms with Gasteiger partial charge in [-0.3, -0.25) is 9.69 Å². The first-order valence-electron chi connectivity index (χ1n) is 14.2. The summed E-state index contributed by atoms with van der Waals surface area (Å²) in [5.41, 5.74) is 5.86. The summed E-state index contributed by atoms with van der Waals surface area (Å²) in [6.07, 6.45) is -0.502. The SMILES string of the molecule is CC(=O)C1=NN(c2ccc(C)cc2)[C@H](c2c(OCc3ccc(Cl)cc3)ccc3ccccc23)N1c1ccc(N(C)C)cc1. The highest BCUT2D eigenvalue weighted by atomic mass is 35.5. The number of anilines is 3. The van der Waals surface area contributed by atoms with Crippen LogP contribution in [0.1, 0.15) is 29.8 Å². The highest BCUT2D eigenvalue weighted by Gasteiger charge is 2.41. The van der Waals surface area contributed by atoms with Crippen molar-refractivity contribution in [3.63, 3.8) is 0 Å². The Hall–Kier alpha value is -4.81. The Kier molecular flexibility index (Phi) is 7.78. The molecule has 0 fully saturated rings. The predicted molar refractivity (Wildman–Crippen MR) is 177 cm³/mol. The predicted octanol–water partition coefficient (Wildman–Crippen LogP) is 8.37. The van der Waals surface area contributed by atoms with E-state index in [9.17, 15) is 4.79 Å². The van der Waals surface area contributed by atoms with E-state index in [-0.39, 0.29) is 5.78 Å². The van der Waals surface area contributed by atoms with Crippen LogP contribution in [-0.4, -0.2) is 25.7 Å². The van der Waals surface area contributed by atoms with Gasteiger partial charge in [-0.25, -0.2) is 5.01 Å². The van der Waals surface area contributed by atoms with Crippen molar-refractivity contribution in [3.8, 4) is 5.75 Å². The Morgan fingerprint density at radius 2 is 1.53 bits per heavy atom. The second-order valence-corrected chi connectivity index (χ2v) is 11.4. The van der Waals surface area contributed by atoms with E-state index in [1.165, 1.54) is 0 Å². The maximum absolute atomic E-state index is 13.3. The number of halogens is 1. The van der Waals surface area contributed by atoms with Gasteiger partial charge in [-0.1, -0.05) is 71.8 Å². The third-order valence-corrected chi connectivity index (χ3v) is 7.91. The van der Waals surface area contributed by atoms with E-state index in [2.05, 4.69) is 54.3 Å². The first-order chi connectivity index (χ1) is 20.8. The smallest absolute Gasteiger partial charge is 0.198 e. The molecule has 1 atom stereocenters. The van der Waals surface area contributed by atoms with Gasteiger partial charge in [-0.2, -0.15) is 0 Å². The van der Waals surface area contributed by atoms with Crippen molar-refractivity contribution in [3.05, 3.63) is 131 Å². The summed E-state index contributed by atoms with van der Waals surface area (Å²) in [6.45, 7) is 3.98. The van der Waals surface area contributed by atoms with Crippen LogP contribution in [0, 0.1) is 6.92 Å². The summed E-state index contributed by atoms with van der Waals surface area (Å²) in [5.74, 6) is 0.950. The van der Waals surface area contributed by atoms with Crippen molar-refractivity contribution >= 4 is 51.1 Å². The molecular weight excluding hydrogens is 556 g/mol. The first kappa shape index (κ1) is 28.3. The molecule has 5 aromatic carbocycles. The Morgan fingerprint density at radius 1 is 0.860 bits per heavy atom. The molecule has 43 heavy (non-hydrogen) atoms. The number of carbonyl (C=O) groups excluding carboxylic acids is 1. The largest absolute Gasteiger partial charge is 0.488 e. The number of aryl methyl sites for hydroxylation is 1. The highest BCUT2D eigenvalue weighted by molar-refractivity contribution is 6.44. The van der Waals surface area contributed by atoms with Crippen molar-refractivity contribution in [1.29, 1.82) is 0 Å². The summed E-state index contributed by atoms with van der Waals surface area (Å²) < 4.78 is 6.58. The monoisotopic (exact) mass is 588 g/mol. The third-order valence-electron chi connectivity index (χ3n) is 7.66. The van der Waals surface area contributed by atoms with Gasteiger partial charge in [0.25, 0.3) is 0 Å². The Morgan fingerprint density at radius 3 is 2.21 bits per heavy atom. The summed E-state index contributed by atoms with van der Waals surface area (Å²) in [7, 11) is 4.02. The molecule has 0 unspecified atom stereocenters. The van der Waals surface area contributed by atoms with Crippen molar-refractivity contribution in [2.45, 2.75) is 26.6 Å². The normalized spacial score (nSPS) is 14.6. The molecule has 216 valence electrons. The van der Waals surface area contributed by atoms with E-state index < -0.39 is 6.17 Å². The number of amidine groups is 1. The molecule has 5 aromatic rings. The molecule has 0 N–H and O–H groups in total. The van der Waals surface area contributed by atoms with Gasteiger partial charge in [0.05, 0.1) is 5.69 Å². The van der Waals surface area contributed by atoms with Gasteiger partial charge < -0.3 is 9.64 Å². The fourth-order valence-corrected chi connectivity index (χ4v) is 5.53. The summed E-state index contributed by atoms with van der Waals surface area (Å²) >= 11 is 6.14. The van der Waals surface area contributed by atoms with E-state index >= 15 is 0 Å². The number of benzene rings is 5. The van der Waals surface area contributed by atoms with Gasteiger partial charge in [0.1, 0.15) is 12.4 Å². The molecule has 1 aliphatic heterocycles. The van der Waals surface area contributed by atoms with Gasteiger partial charge in [-0.05, 0) is 77.9 Å². The van der Waals surface area contributed by atoms with Crippen LogP contribution in [0.4, 0.5) is 17.1 Å². The standard InChI is InChI=1S/C36H33ClN4O2/c1-24-9-16-31(17-10-24)41-36(40(35(38-41)25(2)42)30-20-18-29(19-21-30)39(3)4)34-32-8-6-5-7-27(32)13-22-33(34)43-23-26-11-14-28(37)15-12-26/h5-22,36H,23H2,1-4H3/t36-/m1/s1. The summed E-state index contributed by atoms with van der Waals surface area (Å²) in [4.78, 5) is 17.3. The number of carbonyl (C=O) groups is 1. The number of ether oxygens (including phenoxy) is 1. The number of fused-ring (bicyclic) bond motifs is 1. The van der Waals surface area contributed by atoms with Gasteiger partial charge in [0.2, 0.25) is 0 Å². The van der Waals surface area contributed by atoms with Crippen LogP contribution >= 0.6 is 11.6 Å². The van der Waals surface area contributed by atoms with E-state index in [1.807, 2.05) is 90.7 Å². The minimum Gasteiger partial charge on any atom is -0.488 e. The zero-order chi connectivity index (χ0) is 30.1. The van der Waals surface area contributed by atoms with E-state index in [0.29, 0.717) is 23.2 Å².